The van der Waals surface area contributed by atoms with Crippen molar-refractivity contribution in [2.45, 2.75) is 34.7 Å². The third kappa shape index (κ3) is 3.74. The number of aliphatic hydroxyl groups is 3. The Morgan fingerprint density at radius 2 is 1.95 bits per heavy atom. The molecule has 0 bridgehead atoms. The summed E-state index contributed by atoms with van der Waals surface area (Å²) >= 11 is 1.31. The van der Waals surface area contributed by atoms with Crippen molar-refractivity contribution in [3.8, 4) is 6.07 Å². The fraction of sp³-hybridized carbons (Fsp3) is 0.500. The van der Waals surface area contributed by atoms with Crippen LogP contribution in [0.25, 0.3) is 0 Å². The normalized spacial score (nSPS) is 30.6. The van der Waals surface area contributed by atoms with Crippen LogP contribution in [-0.4, -0.2) is 58.9 Å². The largest absolute Gasteiger partial charge is 0.388 e. The zero-order chi connectivity index (χ0) is 15.4. The van der Waals surface area contributed by atoms with E-state index in [-0.39, 0.29) is 6.61 Å². The molecule has 0 spiro atoms. The molecular formula is C14H17NO5S. The second-order valence-electron chi connectivity index (χ2n) is 4.70. The van der Waals surface area contributed by atoms with Gasteiger partial charge in [0.05, 0.1) is 18.2 Å². The van der Waals surface area contributed by atoms with E-state index in [0.717, 1.165) is 4.90 Å². The predicted molar refractivity (Wildman–Crippen MR) is 75.6 cm³/mol. The number of thioether (sulfide) groups is 1. The van der Waals surface area contributed by atoms with Crippen LogP contribution in [0.3, 0.4) is 0 Å². The van der Waals surface area contributed by atoms with Crippen molar-refractivity contribution >= 4 is 11.8 Å². The van der Waals surface area contributed by atoms with Crippen LogP contribution < -0.4 is 0 Å². The minimum absolute atomic E-state index is 0.0588. The smallest absolute Gasteiger partial charge is 0.136 e. The van der Waals surface area contributed by atoms with Crippen molar-refractivity contribution in [2.75, 3.05) is 13.7 Å². The highest BCUT2D eigenvalue weighted by Crippen LogP contribution is 2.31. The van der Waals surface area contributed by atoms with Crippen molar-refractivity contribution in [1.29, 1.82) is 5.26 Å². The molecule has 0 radical (unpaired) electrons. The summed E-state index contributed by atoms with van der Waals surface area (Å²) in [6.07, 6.45) is -4.35. The molecule has 21 heavy (non-hydrogen) atoms. The quantitative estimate of drug-likeness (QED) is 0.535. The highest BCUT2D eigenvalue weighted by atomic mass is 32.2. The van der Waals surface area contributed by atoms with Gasteiger partial charge in [-0.3, -0.25) is 0 Å². The first-order valence-corrected chi connectivity index (χ1v) is 7.30. The highest BCUT2D eigenvalue weighted by molar-refractivity contribution is 7.99. The molecule has 1 fully saturated rings. The van der Waals surface area contributed by atoms with E-state index in [1.54, 1.807) is 24.3 Å². The minimum atomic E-state index is -1.26. The molecule has 3 N–H and O–H groups in total. The molecule has 2 rings (SSSR count). The number of benzene rings is 1. The lowest BCUT2D eigenvalue weighted by Crippen LogP contribution is -2.56. The van der Waals surface area contributed by atoms with Crippen LogP contribution in [-0.2, 0) is 9.47 Å². The molecule has 0 unspecified atom stereocenters. The lowest BCUT2D eigenvalue weighted by Gasteiger charge is -2.38. The summed E-state index contributed by atoms with van der Waals surface area (Å²) in [4.78, 5) is 0.845. The fourth-order valence-electron chi connectivity index (χ4n) is 2.06. The highest BCUT2D eigenvalue weighted by Gasteiger charge is 2.42. The van der Waals surface area contributed by atoms with Crippen LogP contribution >= 0.6 is 11.8 Å². The van der Waals surface area contributed by atoms with E-state index in [1.807, 2.05) is 6.07 Å². The van der Waals surface area contributed by atoms with Crippen LogP contribution in [0.2, 0.25) is 0 Å². The molecule has 7 heteroatoms. The molecular weight excluding hydrogens is 294 g/mol. The average Bonchev–Trinajstić information content (AvgIpc) is 2.51. The van der Waals surface area contributed by atoms with Gasteiger partial charge in [0.2, 0.25) is 0 Å². The van der Waals surface area contributed by atoms with Crippen LogP contribution in [0.1, 0.15) is 5.56 Å². The Morgan fingerprint density at radius 3 is 2.52 bits per heavy atom. The number of hydrogen-bond donors (Lipinski definition) is 3. The molecule has 6 nitrogen and oxygen atoms in total. The van der Waals surface area contributed by atoms with Crippen molar-refractivity contribution in [2.24, 2.45) is 0 Å². The van der Waals surface area contributed by atoms with Crippen molar-refractivity contribution < 1.29 is 24.8 Å². The maximum Gasteiger partial charge on any atom is 0.136 e. The number of nitrogens with zero attached hydrogens (tertiary/aromatic N) is 1. The summed E-state index contributed by atoms with van der Waals surface area (Å²) < 4.78 is 10.7. The topological polar surface area (TPSA) is 103 Å². The Morgan fingerprint density at radius 1 is 1.29 bits per heavy atom. The Balaban J connectivity index is 2.07. The van der Waals surface area contributed by atoms with Gasteiger partial charge in [-0.2, -0.15) is 5.26 Å². The van der Waals surface area contributed by atoms with Crippen LogP contribution in [0.15, 0.2) is 29.2 Å². The van der Waals surface area contributed by atoms with E-state index in [9.17, 15) is 15.3 Å². The van der Waals surface area contributed by atoms with Crippen LogP contribution in [0.5, 0.6) is 0 Å². The summed E-state index contributed by atoms with van der Waals surface area (Å²) in [7, 11) is 1.48. The maximum absolute atomic E-state index is 10.00. The van der Waals surface area contributed by atoms with Gasteiger partial charge in [0.15, 0.2) is 0 Å². The molecule has 1 saturated heterocycles. The Labute approximate surface area is 126 Å². The number of rotatable bonds is 4. The third-order valence-electron chi connectivity index (χ3n) is 3.28. The van der Waals surface area contributed by atoms with E-state index in [2.05, 4.69) is 0 Å². The first-order chi connectivity index (χ1) is 10.1. The molecule has 0 saturated carbocycles. The van der Waals surface area contributed by atoms with E-state index in [4.69, 9.17) is 14.7 Å². The number of ether oxygens (including phenoxy) is 2. The summed E-state index contributed by atoms with van der Waals surface area (Å²) in [6.45, 7) is -0.0588. The van der Waals surface area contributed by atoms with Crippen molar-refractivity contribution in [3.63, 3.8) is 0 Å². The Hall–Kier alpha value is -1.14. The summed E-state index contributed by atoms with van der Waals surface area (Å²) in [6, 6.07) is 8.96. The van der Waals surface area contributed by atoms with E-state index < -0.39 is 29.9 Å². The maximum atomic E-state index is 10.00. The van der Waals surface area contributed by atoms with Gasteiger partial charge < -0.3 is 24.8 Å². The number of methoxy groups -OCH3 is 1. The van der Waals surface area contributed by atoms with Gasteiger partial charge in [0.1, 0.15) is 29.9 Å². The van der Waals surface area contributed by atoms with Crippen molar-refractivity contribution in [1.82, 2.24) is 0 Å². The van der Waals surface area contributed by atoms with Crippen LogP contribution in [0, 0.1) is 11.3 Å². The van der Waals surface area contributed by atoms with Crippen molar-refractivity contribution in [3.05, 3.63) is 29.8 Å². The molecule has 1 aromatic carbocycles. The molecule has 1 aliphatic rings. The molecule has 0 aromatic heterocycles. The van der Waals surface area contributed by atoms with Gasteiger partial charge in [-0.25, -0.2) is 0 Å². The molecule has 0 amide bonds. The first-order valence-electron chi connectivity index (χ1n) is 6.42. The summed E-state index contributed by atoms with van der Waals surface area (Å²) in [5.74, 6) is 0. The average molecular weight is 311 g/mol. The standard InChI is InChI=1S/C14H17NO5S/c1-19-14(13-12(18)11(17)10(16)7-20-13)21-9-4-2-8(6-15)3-5-9/h2-5,10-14,16-18H,7H2,1H3/t10-,11-,12-,13+,14+/m1/s1. The molecule has 5 atom stereocenters. The summed E-state index contributed by atoms with van der Waals surface area (Å²) in [5, 5.41) is 37.9. The van der Waals surface area contributed by atoms with Gasteiger partial charge in [-0.15, -0.1) is 0 Å². The number of aliphatic hydroxyl groups excluding tert-OH is 3. The lowest BCUT2D eigenvalue weighted by molar-refractivity contribution is -0.202. The molecule has 1 heterocycles. The Bertz CT molecular complexity index is 503. The van der Waals surface area contributed by atoms with Gasteiger partial charge in [-0.1, -0.05) is 11.8 Å². The zero-order valence-electron chi connectivity index (χ0n) is 11.4. The zero-order valence-corrected chi connectivity index (χ0v) is 12.2. The number of nitriles is 1. The van der Waals surface area contributed by atoms with E-state index in [0.29, 0.717) is 5.56 Å². The first kappa shape index (κ1) is 16.2. The molecule has 1 aromatic rings. The second kappa shape index (κ2) is 7.22. The van der Waals surface area contributed by atoms with Gasteiger partial charge >= 0.3 is 0 Å². The van der Waals surface area contributed by atoms with Gasteiger partial charge in [0.25, 0.3) is 0 Å². The predicted octanol–water partition coefficient (Wildman–Crippen LogP) is 0.104. The van der Waals surface area contributed by atoms with E-state index >= 15 is 0 Å². The summed E-state index contributed by atoms with van der Waals surface area (Å²) in [5.41, 5.74) is 0.0101. The monoisotopic (exact) mass is 311 g/mol. The van der Waals surface area contributed by atoms with Crippen LogP contribution in [0.4, 0.5) is 0 Å². The molecule has 114 valence electrons. The fourth-order valence-corrected chi connectivity index (χ4v) is 3.09. The molecule has 1 aliphatic heterocycles. The third-order valence-corrected chi connectivity index (χ3v) is 4.51. The lowest BCUT2D eigenvalue weighted by atomic mass is 10.0. The SMILES string of the molecule is CO[C@@H](Sc1ccc(C#N)cc1)[C@H]1OC[C@@H](O)[C@@H](O)[C@H]1O. The molecule has 0 aliphatic carbocycles. The van der Waals surface area contributed by atoms with E-state index in [1.165, 1.54) is 18.9 Å². The Kier molecular flexibility index (Phi) is 5.58. The van der Waals surface area contributed by atoms with Gasteiger partial charge in [-0.05, 0) is 24.3 Å². The van der Waals surface area contributed by atoms with Gasteiger partial charge in [0, 0.05) is 12.0 Å². The minimum Gasteiger partial charge on any atom is -0.388 e. The second-order valence-corrected chi connectivity index (χ2v) is 5.88. The number of hydrogen-bond acceptors (Lipinski definition) is 7.